The van der Waals surface area contributed by atoms with Gasteiger partial charge in [-0.05, 0) is 37.1 Å². The molecule has 6 heteroatoms. The fourth-order valence-corrected chi connectivity index (χ4v) is 3.21. The van der Waals surface area contributed by atoms with Crippen molar-refractivity contribution in [1.82, 2.24) is 0 Å². The van der Waals surface area contributed by atoms with Crippen LogP contribution in [0.5, 0.6) is 0 Å². The first-order valence-corrected chi connectivity index (χ1v) is 6.89. The Labute approximate surface area is 120 Å². The van der Waals surface area contributed by atoms with Crippen LogP contribution in [0.15, 0.2) is 24.3 Å². The molecule has 2 aliphatic rings. The molecule has 0 aromatic heterocycles. The van der Waals surface area contributed by atoms with Gasteiger partial charge in [-0.25, -0.2) is 0 Å². The van der Waals surface area contributed by atoms with E-state index in [0.29, 0.717) is 17.1 Å². The molecule has 0 saturated carbocycles. The summed E-state index contributed by atoms with van der Waals surface area (Å²) >= 11 is 5.78. The van der Waals surface area contributed by atoms with Crippen molar-refractivity contribution < 1.29 is 19.4 Å². The molecule has 2 aliphatic heterocycles. The van der Waals surface area contributed by atoms with Gasteiger partial charge < -0.3 is 15.2 Å². The zero-order valence-corrected chi connectivity index (χ0v) is 11.3. The summed E-state index contributed by atoms with van der Waals surface area (Å²) in [5.41, 5.74) is 0.603. The smallest absolute Gasteiger partial charge is 0.310 e. The molecule has 2 saturated heterocycles. The molecule has 0 radical (unpaired) electrons. The molecule has 20 heavy (non-hydrogen) atoms. The van der Waals surface area contributed by atoms with Crippen molar-refractivity contribution in [3.8, 4) is 0 Å². The average molecular weight is 296 g/mol. The Morgan fingerprint density at radius 2 is 1.75 bits per heavy atom. The standard InChI is InChI=1S/C14H14ClNO4/c15-7-1-3-8(4-2-7)16-13(17)11-9-5-6-10(20-9)12(11)14(18)19/h1-4,9-12H,5-6H2,(H,16,17)(H,18,19)/t9-,10+,11+,12+/m1/s1. The third kappa shape index (κ3) is 2.27. The number of hydrogen-bond donors (Lipinski definition) is 2. The molecule has 0 unspecified atom stereocenters. The SMILES string of the molecule is O=C(O)[C@@H]1[C@@H](C(=O)Nc2ccc(Cl)cc2)[C@H]2CC[C@@H]1O2. The van der Waals surface area contributed by atoms with E-state index in [1.807, 2.05) is 0 Å². The number of carboxylic acids is 1. The monoisotopic (exact) mass is 295 g/mol. The zero-order valence-electron chi connectivity index (χ0n) is 10.6. The van der Waals surface area contributed by atoms with Crippen molar-refractivity contribution in [1.29, 1.82) is 0 Å². The fourth-order valence-electron chi connectivity index (χ4n) is 3.08. The molecule has 1 aromatic carbocycles. The second kappa shape index (κ2) is 5.07. The number of hydrogen-bond acceptors (Lipinski definition) is 3. The first-order valence-electron chi connectivity index (χ1n) is 6.51. The number of anilines is 1. The highest BCUT2D eigenvalue weighted by Crippen LogP contribution is 2.44. The number of fused-ring (bicyclic) bond motifs is 2. The molecule has 106 valence electrons. The topological polar surface area (TPSA) is 75.6 Å². The summed E-state index contributed by atoms with van der Waals surface area (Å²) < 4.78 is 5.57. The van der Waals surface area contributed by atoms with Crippen molar-refractivity contribution >= 4 is 29.2 Å². The number of halogens is 1. The van der Waals surface area contributed by atoms with E-state index in [0.717, 1.165) is 6.42 Å². The van der Waals surface area contributed by atoms with Crippen LogP contribution in [0.25, 0.3) is 0 Å². The van der Waals surface area contributed by atoms with Crippen molar-refractivity contribution in [3.05, 3.63) is 29.3 Å². The Morgan fingerprint density at radius 1 is 1.15 bits per heavy atom. The van der Waals surface area contributed by atoms with Crippen LogP contribution in [0.2, 0.25) is 5.02 Å². The molecule has 2 fully saturated rings. The number of ether oxygens (including phenoxy) is 1. The summed E-state index contributed by atoms with van der Waals surface area (Å²) in [6.45, 7) is 0. The quantitative estimate of drug-likeness (QED) is 0.896. The van der Waals surface area contributed by atoms with Gasteiger partial charge in [0, 0.05) is 10.7 Å². The maximum absolute atomic E-state index is 12.3. The van der Waals surface area contributed by atoms with Crippen LogP contribution in [0, 0.1) is 11.8 Å². The van der Waals surface area contributed by atoms with Crippen LogP contribution in [0.4, 0.5) is 5.69 Å². The number of amides is 1. The third-order valence-corrected chi connectivity index (χ3v) is 4.22. The van der Waals surface area contributed by atoms with Crippen LogP contribution < -0.4 is 5.32 Å². The van der Waals surface area contributed by atoms with Crippen LogP contribution in [-0.4, -0.2) is 29.2 Å². The molecule has 1 aromatic rings. The summed E-state index contributed by atoms with van der Waals surface area (Å²) in [6.07, 6.45) is 0.839. The number of carbonyl (C=O) groups is 2. The van der Waals surface area contributed by atoms with Gasteiger partial charge in [-0.2, -0.15) is 0 Å². The summed E-state index contributed by atoms with van der Waals surface area (Å²) in [4.78, 5) is 23.6. The maximum atomic E-state index is 12.3. The molecule has 2 heterocycles. The van der Waals surface area contributed by atoms with E-state index >= 15 is 0 Å². The Kier molecular flexibility index (Phi) is 3.40. The number of carboxylic acid groups (broad SMARTS) is 1. The summed E-state index contributed by atoms with van der Waals surface area (Å²) in [6, 6.07) is 6.71. The van der Waals surface area contributed by atoms with E-state index in [1.54, 1.807) is 24.3 Å². The first kappa shape index (κ1) is 13.4. The van der Waals surface area contributed by atoms with Crippen molar-refractivity contribution in [2.75, 3.05) is 5.32 Å². The molecule has 2 N–H and O–H groups in total. The minimum atomic E-state index is -0.964. The molecular formula is C14H14ClNO4. The molecule has 3 rings (SSSR count). The van der Waals surface area contributed by atoms with E-state index in [9.17, 15) is 14.7 Å². The van der Waals surface area contributed by atoms with E-state index < -0.39 is 17.8 Å². The highest BCUT2D eigenvalue weighted by Gasteiger charge is 2.55. The number of nitrogens with one attached hydrogen (secondary N) is 1. The molecule has 5 nitrogen and oxygen atoms in total. The van der Waals surface area contributed by atoms with Gasteiger partial charge in [0.05, 0.1) is 24.0 Å². The third-order valence-electron chi connectivity index (χ3n) is 3.97. The predicted molar refractivity (Wildman–Crippen MR) is 72.6 cm³/mol. The van der Waals surface area contributed by atoms with Crippen LogP contribution in [0.1, 0.15) is 12.8 Å². The summed E-state index contributed by atoms with van der Waals surface area (Å²) in [7, 11) is 0. The highest BCUT2D eigenvalue weighted by molar-refractivity contribution is 6.30. The predicted octanol–water partition coefficient (Wildman–Crippen LogP) is 2.16. The molecule has 4 atom stereocenters. The summed E-state index contributed by atoms with van der Waals surface area (Å²) in [5.74, 6) is -2.64. The lowest BCUT2D eigenvalue weighted by molar-refractivity contribution is -0.147. The molecular weight excluding hydrogens is 282 g/mol. The van der Waals surface area contributed by atoms with E-state index in [1.165, 1.54) is 0 Å². The fraction of sp³-hybridized carbons (Fsp3) is 0.429. The second-order valence-electron chi connectivity index (χ2n) is 5.18. The van der Waals surface area contributed by atoms with Gasteiger partial charge in [-0.3, -0.25) is 9.59 Å². The minimum absolute atomic E-state index is 0.284. The minimum Gasteiger partial charge on any atom is -0.481 e. The van der Waals surface area contributed by atoms with Crippen molar-refractivity contribution in [3.63, 3.8) is 0 Å². The molecule has 0 spiro atoms. The molecule has 1 amide bonds. The van der Waals surface area contributed by atoms with E-state index in [4.69, 9.17) is 16.3 Å². The van der Waals surface area contributed by atoms with Gasteiger partial charge in [0.15, 0.2) is 0 Å². The van der Waals surface area contributed by atoms with Crippen molar-refractivity contribution in [2.24, 2.45) is 11.8 Å². The lowest BCUT2D eigenvalue weighted by atomic mass is 9.78. The Hall–Kier alpha value is -1.59. The molecule has 2 bridgehead atoms. The largest absolute Gasteiger partial charge is 0.481 e. The lowest BCUT2D eigenvalue weighted by Crippen LogP contribution is -2.40. The maximum Gasteiger partial charge on any atom is 0.310 e. The van der Waals surface area contributed by atoms with Gasteiger partial charge in [-0.15, -0.1) is 0 Å². The number of rotatable bonds is 3. The van der Waals surface area contributed by atoms with Crippen LogP contribution in [0.3, 0.4) is 0 Å². The highest BCUT2D eigenvalue weighted by atomic mass is 35.5. The average Bonchev–Trinajstić information content (AvgIpc) is 3.01. The number of benzene rings is 1. The van der Waals surface area contributed by atoms with Crippen LogP contribution >= 0.6 is 11.6 Å². The zero-order chi connectivity index (χ0) is 14.3. The summed E-state index contributed by atoms with van der Waals surface area (Å²) in [5, 5.41) is 12.6. The van der Waals surface area contributed by atoms with Gasteiger partial charge in [0.2, 0.25) is 5.91 Å². The molecule has 0 aliphatic carbocycles. The normalized spacial score (nSPS) is 31.2. The Balaban J connectivity index is 1.76. The van der Waals surface area contributed by atoms with Gasteiger partial charge in [0.25, 0.3) is 0 Å². The van der Waals surface area contributed by atoms with E-state index in [-0.39, 0.29) is 18.1 Å². The van der Waals surface area contributed by atoms with Gasteiger partial charge in [0.1, 0.15) is 0 Å². The van der Waals surface area contributed by atoms with Crippen LogP contribution in [-0.2, 0) is 14.3 Å². The Morgan fingerprint density at radius 3 is 2.35 bits per heavy atom. The Bertz CT molecular complexity index is 545. The van der Waals surface area contributed by atoms with Crippen molar-refractivity contribution in [2.45, 2.75) is 25.0 Å². The van der Waals surface area contributed by atoms with E-state index in [2.05, 4.69) is 5.32 Å². The van der Waals surface area contributed by atoms with Gasteiger partial charge >= 0.3 is 5.97 Å². The lowest BCUT2D eigenvalue weighted by Gasteiger charge is -2.23. The number of aliphatic carboxylic acids is 1. The van der Waals surface area contributed by atoms with Gasteiger partial charge in [-0.1, -0.05) is 11.6 Å². The number of carbonyl (C=O) groups excluding carboxylic acids is 1. The first-order chi connectivity index (χ1) is 9.56. The second-order valence-corrected chi connectivity index (χ2v) is 5.61.